The monoisotopic (exact) mass is 354 g/mol. The van der Waals surface area contributed by atoms with Gasteiger partial charge in [-0.2, -0.15) is 4.99 Å². The molecule has 0 aliphatic rings. The van der Waals surface area contributed by atoms with Crippen molar-refractivity contribution in [1.29, 1.82) is 0 Å². The fourth-order valence-corrected chi connectivity index (χ4v) is 3.81. The highest BCUT2D eigenvalue weighted by Crippen LogP contribution is 2.19. The van der Waals surface area contributed by atoms with Gasteiger partial charge in [0.1, 0.15) is 0 Å². The average molecular weight is 355 g/mol. The van der Waals surface area contributed by atoms with Gasteiger partial charge in [-0.1, -0.05) is 53.1 Å². The molecular weight excluding hydrogens is 340 g/mol. The zero-order chi connectivity index (χ0) is 17.1. The Hall–Kier alpha value is -2.35. The maximum atomic E-state index is 12.4. The minimum Gasteiger partial charge on any atom is -0.305 e. The van der Waals surface area contributed by atoms with Crippen LogP contribution in [0.25, 0.3) is 10.2 Å². The summed E-state index contributed by atoms with van der Waals surface area (Å²) in [5, 5.41) is 0.574. The van der Waals surface area contributed by atoms with Gasteiger partial charge in [0, 0.05) is 5.02 Å². The van der Waals surface area contributed by atoms with E-state index in [9.17, 15) is 4.79 Å². The van der Waals surface area contributed by atoms with Crippen LogP contribution < -0.4 is 4.80 Å². The third kappa shape index (κ3) is 3.43. The molecule has 0 saturated carbocycles. The summed E-state index contributed by atoms with van der Waals surface area (Å²) in [6.45, 7) is 2.41. The fourth-order valence-electron chi connectivity index (χ4n) is 2.46. The molecule has 3 nitrogen and oxygen atoms in total. The molecule has 1 amide bonds. The second-order valence-electron chi connectivity index (χ2n) is 5.42. The fraction of sp³-hybridized carbons (Fsp3) is 0.158. The van der Waals surface area contributed by atoms with Crippen molar-refractivity contribution in [1.82, 2.24) is 4.57 Å². The third-order valence-electron chi connectivity index (χ3n) is 3.61. The highest BCUT2D eigenvalue weighted by Gasteiger charge is 2.09. The third-order valence-corrected chi connectivity index (χ3v) is 5.02. The molecule has 0 bridgehead atoms. The second kappa shape index (κ2) is 7.04. The lowest BCUT2D eigenvalue weighted by molar-refractivity contribution is -0.117. The summed E-state index contributed by atoms with van der Waals surface area (Å²) < 4.78 is 2.96. The predicted molar refractivity (Wildman–Crippen MR) is 99.1 cm³/mol. The highest BCUT2D eigenvalue weighted by atomic mass is 35.5. The number of carbonyl (C=O) groups excluding carboxylic acids is 1. The second-order valence-corrected chi connectivity index (χ2v) is 6.84. The number of hydrogen-bond donors (Lipinski definition) is 0. The summed E-state index contributed by atoms with van der Waals surface area (Å²) in [5.74, 6) is 2.39. The Morgan fingerprint density at radius 2 is 2.12 bits per heavy atom. The quantitative estimate of drug-likeness (QED) is 0.655. The van der Waals surface area contributed by atoms with Gasteiger partial charge in [0.25, 0.3) is 5.91 Å². The Bertz CT molecular complexity index is 1020. The van der Waals surface area contributed by atoms with Crippen molar-refractivity contribution < 1.29 is 4.79 Å². The van der Waals surface area contributed by atoms with E-state index >= 15 is 0 Å². The van der Waals surface area contributed by atoms with Crippen LogP contribution in [0.1, 0.15) is 11.1 Å². The summed E-state index contributed by atoms with van der Waals surface area (Å²) in [4.78, 5) is 17.2. The Morgan fingerprint density at radius 1 is 1.33 bits per heavy atom. The molecule has 0 aliphatic heterocycles. The van der Waals surface area contributed by atoms with Crippen LogP contribution in [0, 0.1) is 19.3 Å². The van der Waals surface area contributed by atoms with E-state index in [4.69, 9.17) is 18.0 Å². The minimum absolute atomic E-state index is 0.170. The SMILES string of the molecule is C#CCn1c(=NC(=O)Cc2ccccc2Cl)sc2cc(C)ccc21. The van der Waals surface area contributed by atoms with E-state index in [0.29, 0.717) is 16.4 Å². The van der Waals surface area contributed by atoms with Crippen molar-refractivity contribution in [2.45, 2.75) is 19.9 Å². The van der Waals surface area contributed by atoms with E-state index < -0.39 is 0 Å². The van der Waals surface area contributed by atoms with E-state index in [-0.39, 0.29) is 12.3 Å². The molecule has 0 radical (unpaired) electrons. The zero-order valence-electron chi connectivity index (χ0n) is 13.1. The summed E-state index contributed by atoms with van der Waals surface area (Å²) in [7, 11) is 0. The number of halogens is 1. The van der Waals surface area contributed by atoms with Crippen molar-refractivity contribution in [3.05, 3.63) is 63.4 Å². The van der Waals surface area contributed by atoms with Crippen LogP contribution in [0.4, 0.5) is 0 Å². The van der Waals surface area contributed by atoms with Gasteiger partial charge in [-0.3, -0.25) is 4.79 Å². The lowest BCUT2D eigenvalue weighted by Crippen LogP contribution is -2.17. The molecule has 0 atom stereocenters. The van der Waals surface area contributed by atoms with Crippen LogP contribution in [0.15, 0.2) is 47.5 Å². The minimum atomic E-state index is -0.239. The van der Waals surface area contributed by atoms with Crippen LogP contribution in [0.2, 0.25) is 5.02 Å². The molecule has 2 aromatic carbocycles. The molecule has 1 heterocycles. The van der Waals surface area contributed by atoms with E-state index in [1.807, 2.05) is 41.8 Å². The molecule has 5 heteroatoms. The molecule has 24 heavy (non-hydrogen) atoms. The topological polar surface area (TPSA) is 34.4 Å². The number of nitrogens with zero attached hydrogens (tertiary/aromatic N) is 2. The first kappa shape index (κ1) is 16.5. The number of hydrogen-bond acceptors (Lipinski definition) is 2. The standard InChI is InChI=1S/C19H15ClN2OS/c1-3-10-22-16-9-8-13(2)11-17(16)24-19(22)21-18(23)12-14-6-4-5-7-15(14)20/h1,4-9,11H,10,12H2,2H3. The molecule has 0 N–H and O–H groups in total. The number of aromatic nitrogens is 1. The van der Waals surface area contributed by atoms with Gasteiger partial charge in [-0.05, 0) is 36.2 Å². The maximum absolute atomic E-state index is 12.4. The summed E-state index contributed by atoms with van der Waals surface area (Å²) in [5.41, 5.74) is 2.92. The largest absolute Gasteiger partial charge is 0.305 e. The Balaban J connectivity index is 2.03. The molecular formula is C19H15ClN2OS. The van der Waals surface area contributed by atoms with Gasteiger partial charge in [0.05, 0.1) is 23.2 Å². The number of amides is 1. The summed E-state index contributed by atoms with van der Waals surface area (Å²) >= 11 is 7.58. The first-order valence-electron chi connectivity index (χ1n) is 7.43. The number of fused-ring (bicyclic) bond motifs is 1. The molecule has 0 fully saturated rings. The van der Waals surface area contributed by atoms with Crippen LogP contribution in [-0.4, -0.2) is 10.5 Å². The number of terminal acetylenes is 1. The van der Waals surface area contributed by atoms with Gasteiger partial charge >= 0.3 is 0 Å². The molecule has 0 unspecified atom stereocenters. The smallest absolute Gasteiger partial charge is 0.252 e. The molecule has 0 saturated heterocycles. The van der Waals surface area contributed by atoms with Crippen LogP contribution >= 0.6 is 22.9 Å². The van der Waals surface area contributed by atoms with Gasteiger partial charge in [-0.25, -0.2) is 0 Å². The predicted octanol–water partition coefficient (Wildman–Crippen LogP) is 3.97. The first-order valence-corrected chi connectivity index (χ1v) is 8.62. The molecule has 0 spiro atoms. The van der Waals surface area contributed by atoms with E-state index in [1.165, 1.54) is 11.3 Å². The Labute approximate surface area is 149 Å². The van der Waals surface area contributed by atoms with Crippen molar-refractivity contribution in [3.63, 3.8) is 0 Å². The van der Waals surface area contributed by atoms with Gasteiger partial charge in [0.15, 0.2) is 4.80 Å². The lowest BCUT2D eigenvalue weighted by Gasteiger charge is -2.01. The Morgan fingerprint density at radius 3 is 2.88 bits per heavy atom. The lowest BCUT2D eigenvalue weighted by atomic mass is 10.1. The molecule has 120 valence electrons. The van der Waals surface area contributed by atoms with Crippen LogP contribution in [-0.2, 0) is 17.8 Å². The number of carbonyl (C=O) groups is 1. The number of benzene rings is 2. The first-order chi connectivity index (χ1) is 11.6. The van der Waals surface area contributed by atoms with Crippen LogP contribution in [0.5, 0.6) is 0 Å². The summed E-state index contributed by atoms with van der Waals surface area (Å²) in [6.07, 6.45) is 5.64. The molecule has 3 aromatic rings. The normalized spacial score (nSPS) is 11.6. The average Bonchev–Trinajstić information content (AvgIpc) is 2.86. The molecule has 3 rings (SSSR count). The Kier molecular flexibility index (Phi) is 4.84. The van der Waals surface area contributed by atoms with Crippen molar-refractivity contribution >= 4 is 39.1 Å². The van der Waals surface area contributed by atoms with Gasteiger partial charge < -0.3 is 4.57 Å². The van der Waals surface area contributed by atoms with Crippen molar-refractivity contribution in [2.75, 3.05) is 0 Å². The van der Waals surface area contributed by atoms with Crippen molar-refractivity contribution in [2.24, 2.45) is 4.99 Å². The van der Waals surface area contributed by atoms with Gasteiger partial charge in [0.2, 0.25) is 0 Å². The van der Waals surface area contributed by atoms with Crippen LogP contribution in [0.3, 0.4) is 0 Å². The zero-order valence-corrected chi connectivity index (χ0v) is 14.7. The van der Waals surface area contributed by atoms with E-state index in [1.54, 1.807) is 6.07 Å². The molecule has 1 aromatic heterocycles. The maximum Gasteiger partial charge on any atom is 0.252 e. The summed E-state index contributed by atoms with van der Waals surface area (Å²) in [6, 6.07) is 13.4. The highest BCUT2D eigenvalue weighted by molar-refractivity contribution is 7.16. The van der Waals surface area contributed by atoms with E-state index in [2.05, 4.69) is 17.0 Å². The van der Waals surface area contributed by atoms with E-state index in [0.717, 1.165) is 21.3 Å². The van der Waals surface area contributed by atoms with Crippen molar-refractivity contribution in [3.8, 4) is 12.3 Å². The number of thiazole rings is 1. The molecule has 0 aliphatic carbocycles. The van der Waals surface area contributed by atoms with Gasteiger partial charge in [-0.15, -0.1) is 6.42 Å². The number of aryl methyl sites for hydroxylation is 1. The number of rotatable bonds is 3.